The molecule has 2 aromatic rings. The van der Waals surface area contributed by atoms with E-state index in [1.807, 2.05) is 12.1 Å². The van der Waals surface area contributed by atoms with Gasteiger partial charge >= 0.3 is 5.97 Å². The van der Waals surface area contributed by atoms with Gasteiger partial charge in [0.15, 0.2) is 11.5 Å². The summed E-state index contributed by atoms with van der Waals surface area (Å²) in [6.45, 7) is 0. The molecule has 0 saturated heterocycles. The van der Waals surface area contributed by atoms with Crippen molar-refractivity contribution in [1.82, 2.24) is 9.97 Å². The second-order valence-electron chi connectivity index (χ2n) is 6.29. The van der Waals surface area contributed by atoms with Crippen LogP contribution in [0.1, 0.15) is 30.4 Å². The lowest BCUT2D eigenvalue weighted by Gasteiger charge is -2.14. The first kappa shape index (κ1) is 22.7. The van der Waals surface area contributed by atoms with Gasteiger partial charge in [-0.15, -0.1) is 0 Å². The minimum Gasteiger partial charge on any atom is -0.493 e. The fraction of sp³-hybridized carbons (Fsp3) is 0.400. The normalized spacial score (nSPS) is 10.3. The summed E-state index contributed by atoms with van der Waals surface area (Å²) >= 11 is 0. The molecule has 0 aliphatic carbocycles. The molecule has 0 saturated carbocycles. The van der Waals surface area contributed by atoms with Gasteiger partial charge in [0.1, 0.15) is 5.82 Å². The first-order chi connectivity index (χ1) is 14.4. The molecule has 0 bridgehead atoms. The molecule has 0 aliphatic rings. The molecular weight excluding hydrogens is 392 g/mol. The van der Waals surface area contributed by atoms with Crippen LogP contribution in [0.2, 0.25) is 0 Å². The standard InChI is InChI=1S/C20H26N4O6/c1-27-14-9-12(10-15(28-2)18(14)30-4)8-13-11-22-20(24-19(13)21)23-16(25)6-5-7-17(26)29-3/h9-11H,5-8H2,1-4H3,(H3,21,22,23,24,25). The van der Waals surface area contributed by atoms with Gasteiger partial charge in [-0.2, -0.15) is 4.98 Å². The lowest BCUT2D eigenvalue weighted by atomic mass is 10.1. The Morgan fingerprint density at radius 2 is 1.70 bits per heavy atom. The maximum absolute atomic E-state index is 11.9. The molecule has 0 aliphatic heterocycles. The predicted octanol–water partition coefficient (Wildman–Crippen LogP) is 1.96. The molecule has 0 unspecified atom stereocenters. The number of carbonyl (C=O) groups excluding carboxylic acids is 2. The Balaban J connectivity index is 2.07. The van der Waals surface area contributed by atoms with Gasteiger partial charge in [-0.1, -0.05) is 0 Å². The molecule has 0 fully saturated rings. The summed E-state index contributed by atoms with van der Waals surface area (Å²) in [5.74, 6) is 1.23. The van der Waals surface area contributed by atoms with E-state index in [9.17, 15) is 9.59 Å². The number of esters is 1. The molecule has 162 valence electrons. The number of amides is 1. The van der Waals surface area contributed by atoms with Crippen LogP contribution in [0.4, 0.5) is 11.8 Å². The SMILES string of the molecule is COC(=O)CCCC(=O)Nc1ncc(Cc2cc(OC)c(OC)c(OC)c2)c(N)n1. The zero-order valence-corrected chi connectivity index (χ0v) is 17.5. The Labute approximate surface area is 174 Å². The summed E-state index contributed by atoms with van der Waals surface area (Å²) in [5, 5.41) is 2.57. The van der Waals surface area contributed by atoms with Crippen LogP contribution in [0.15, 0.2) is 18.3 Å². The monoisotopic (exact) mass is 418 g/mol. The lowest BCUT2D eigenvalue weighted by Crippen LogP contribution is -2.15. The molecule has 2 rings (SSSR count). The molecule has 0 atom stereocenters. The van der Waals surface area contributed by atoms with E-state index in [1.165, 1.54) is 14.2 Å². The third-order valence-electron chi connectivity index (χ3n) is 4.28. The highest BCUT2D eigenvalue weighted by Gasteiger charge is 2.15. The Kier molecular flexibility index (Phi) is 8.21. The van der Waals surface area contributed by atoms with Crippen LogP contribution in [0.5, 0.6) is 17.2 Å². The van der Waals surface area contributed by atoms with Crippen LogP contribution >= 0.6 is 0 Å². The van der Waals surface area contributed by atoms with E-state index in [0.29, 0.717) is 35.7 Å². The van der Waals surface area contributed by atoms with Crippen molar-refractivity contribution in [3.63, 3.8) is 0 Å². The number of anilines is 2. The van der Waals surface area contributed by atoms with Crippen LogP contribution in [0.25, 0.3) is 0 Å². The summed E-state index contributed by atoms with van der Waals surface area (Å²) < 4.78 is 20.6. The van der Waals surface area contributed by atoms with Crippen LogP contribution in [-0.2, 0) is 20.7 Å². The molecule has 10 nitrogen and oxygen atoms in total. The van der Waals surface area contributed by atoms with Gasteiger partial charge in [0.2, 0.25) is 17.6 Å². The molecule has 1 heterocycles. The molecule has 30 heavy (non-hydrogen) atoms. The highest BCUT2D eigenvalue weighted by molar-refractivity contribution is 5.89. The molecule has 3 N–H and O–H groups in total. The summed E-state index contributed by atoms with van der Waals surface area (Å²) in [5.41, 5.74) is 7.58. The number of carbonyl (C=O) groups is 2. The summed E-state index contributed by atoms with van der Waals surface area (Å²) in [6.07, 6.45) is 2.66. The third-order valence-corrected chi connectivity index (χ3v) is 4.28. The van der Waals surface area contributed by atoms with Crippen LogP contribution in [-0.4, -0.2) is 50.3 Å². The van der Waals surface area contributed by atoms with Gasteiger partial charge in [0.25, 0.3) is 0 Å². The average Bonchev–Trinajstić information content (AvgIpc) is 2.74. The maximum atomic E-state index is 11.9. The minimum absolute atomic E-state index is 0.101. The van der Waals surface area contributed by atoms with Gasteiger partial charge in [0, 0.05) is 31.0 Å². The van der Waals surface area contributed by atoms with Gasteiger partial charge in [-0.3, -0.25) is 14.9 Å². The number of benzene rings is 1. The van der Waals surface area contributed by atoms with E-state index in [-0.39, 0.29) is 36.5 Å². The number of nitrogens with zero attached hydrogens (tertiary/aromatic N) is 2. The van der Waals surface area contributed by atoms with Gasteiger partial charge in [-0.05, 0) is 24.1 Å². The van der Waals surface area contributed by atoms with Crippen LogP contribution in [0, 0.1) is 0 Å². The van der Waals surface area contributed by atoms with Gasteiger partial charge in [-0.25, -0.2) is 4.98 Å². The summed E-state index contributed by atoms with van der Waals surface area (Å²) in [4.78, 5) is 31.3. The number of nitrogen functional groups attached to an aromatic ring is 1. The zero-order chi connectivity index (χ0) is 22.1. The second kappa shape index (κ2) is 10.8. The van der Waals surface area contributed by atoms with Gasteiger partial charge < -0.3 is 24.7 Å². The smallest absolute Gasteiger partial charge is 0.305 e. The first-order valence-electron chi connectivity index (χ1n) is 9.18. The van der Waals surface area contributed by atoms with Crippen molar-refractivity contribution < 1.29 is 28.5 Å². The molecule has 1 amide bonds. The lowest BCUT2D eigenvalue weighted by molar-refractivity contribution is -0.140. The van der Waals surface area contributed by atoms with Crippen LogP contribution in [0.3, 0.4) is 0 Å². The number of rotatable bonds is 10. The van der Waals surface area contributed by atoms with Crippen molar-refractivity contribution in [2.75, 3.05) is 39.5 Å². The zero-order valence-electron chi connectivity index (χ0n) is 17.5. The van der Waals surface area contributed by atoms with Crippen molar-refractivity contribution in [1.29, 1.82) is 0 Å². The molecule has 10 heteroatoms. The first-order valence-corrected chi connectivity index (χ1v) is 9.18. The highest BCUT2D eigenvalue weighted by atomic mass is 16.5. The van der Waals surface area contributed by atoms with E-state index in [2.05, 4.69) is 20.0 Å². The second-order valence-corrected chi connectivity index (χ2v) is 6.29. The fourth-order valence-corrected chi connectivity index (χ4v) is 2.76. The third kappa shape index (κ3) is 5.97. The van der Waals surface area contributed by atoms with Crippen molar-refractivity contribution in [3.8, 4) is 17.2 Å². The van der Waals surface area contributed by atoms with Crippen LogP contribution < -0.4 is 25.3 Å². The van der Waals surface area contributed by atoms with E-state index < -0.39 is 0 Å². The minimum atomic E-state index is -0.362. The number of hydrogen-bond acceptors (Lipinski definition) is 9. The molecular formula is C20H26N4O6. The summed E-state index contributed by atoms with van der Waals surface area (Å²) in [6, 6.07) is 3.63. The number of methoxy groups -OCH3 is 4. The number of hydrogen-bond donors (Lipinski definition) is 2. The Hall–Kier alpha value is -3.56. The maximum Gasteiger partial charge on any atom is 0.305 e. The summed E-state index contributed by atoms with van der Waals surface area (Å²) in [7, 11) is 5.93. The van der Waals surface area contributed by atoms with E-state index in [1.54, 1.807) is 20.4 Å². The Morgan fingerprint density at radius 1 is 1.03 bits per heavy atom. The highest BCUT2D eigenvalue weighted by Crippen LogP contribution is 2.38. The molecule has 1 aromatic carbocycles. The topological polar surface area (TPSA) is 135 Å². The average molecular weight is 418 g/mol. The number of aromatic nitrogens is 2. The van der Waals surface area contributed by atoms with Crippen molar-refractivity contribution >= 4 is 23.6 Å². The Morgan fingerprint density at radius 3 is 2.23 bits per heavy atom. The molecule has 1 aromatic heterocycles. The quantitative estimate of drug-likeness (QED) is 0.555. The van der Waals surface area contributed by atoms with E-state index >= 15 is 0 Å². The molecule has 0 spiro atoms. The fourth-order valence-electron chi connectivity index (χ4n) is 2.76. The number of ether oxygens (including phenoxy) is 4. The van der Waals surface area contributed by atoms with Gasteiger partial charge in [0.05, 0.1) is 28.4 Å². The number of nitrogens with one attached hydrogen (secondary N) is 1. The predicted molar refractivity (Wildman–Crippen MR) is 110 cm³/mol. The largest absolute Gasteiger partial charge is 0.493 e. The van der Waals surface area contributed by atoms with E-state index in [0.717, 1.165) is 5.56 Å². The van der Waals surface area contributed by atoms with E-state index in [4.69, 9.17) is 19.9 Å². The van der Waals surface area contributed by atoms with Crippen molar-refractivity contribution in [2.45, 2.75) is 25.7 Å². The molecule has 0 radical (unpaired) electrons. The number of nitrogens with two attached hydrogens (primary N) is 1. The van der Waals surface area contributed by atoms with Crippen molar-refractivity contribution in [2.24, 2.45) is 0 Å². The van der Waals surface area contributed by atoms with Crippen molar-refractivity contribution in [3.05, 3.63) is 29.5 Å². The Bertz CT molecular complexity index is 878.